The summed E-state index contributed by atoms with van der Waals surface area (Å²) in [5, 5.41) is 7.45. The van der Waals surface area contributed by atoms with Crippen molar-refractivity contribution in [2.45, 2.75) is 38.6 Å². The van der Waals surface area contributed by atoms with E-state index >= 15 is 0 Å². The maximum Gasteiger partial charge on any atom is 0.161 e. The highest BCUT2D eigenvalue weighted by molar-refractivity contribution is 9.10. The van der Waals surface area contributed by atoms with Gasteiger partial charge in [0.15, 0.2) is 5.82 Å². The molecule has 0 spiro atoms. The van der Waals surface area contributed by atoms with E-state index in [-0.39, 0.29) is 16.1 Å². The van der Waals surface area contributed by atoms with Crippen LogP contribution in [0.5, 0.6) is 0 Å². The smallest absolute Gasteiger partial charge is 0.161 e. The molecule has 2 atom stereocenters. The van der Waals surface area contributed by atoms with Crippen molar-refractivity contribution in [3.05, 3.63) is 28.0 Å². The quantitative estimate of drug-likeness (QED) is 0.647. The van der Waals surface area contributed by atoms with Crippen LogP contribution in [-0.2, 0) is 0 Å². The lowest BCUT2D eigenvalue weighted by Crippen LogP contribution is -2.39. The molecule has 0 heterocycles. The number of hydrogen-bond acceptors (Lipinski definition) is 2. The molecule has 3 nitrogen and oxygen atoms in total. The molecule has 1 aliphatic rings. The molecule has 1 saturated carbocycles. The van der Waals surface area contributed by atoms with Crippen LogP contribution in [0.25, 0.3) is 0 Å². The summed E-state index contributed by atoms with van der Waals surface area (Å²) in [5.74, 6) is 0.105. The number of nitrogen functional groups attached to an aromatic ring is 1. The molecule has 0 radical (unpaired) electrons. The van der Waals surface area contributed by atoms with Gasteiger partial charge in [-0.05, 0) is 46.8 Å². The molecule has 0 bridgehead atoms. The van der Waals surface area contributed by atoms with E-state index in [1.54, 1.807) is 12.1 Å². The van der Waals surface area contributed by atoms with Gasteiger partial charge in [0.1, 0.15) is 5.84 Å². The number of nitrogens with zero attached hydrogens (tertiary/aromatic N) is 1. The summed E-state index contributed by atoms with van der Waals surface area (Å²) in [4.78, 5) is 2.04. The van der Waals surface area contributed by atoms with Crippen LogP contribution in [-0.4, -0.2) is 18.9 Å². The highest BCUT2D eigenvalue weighted by Crippen LogP contribution is 2.34. The molecule has 110 valence electrons. The Morgan fingerprint density at radius 2 is 2.05 bits per heavy atom. The third-order valence-electron chi connectivity index (χ3n) is 4.30. The molecule has 0 aromatic heterocycles. The van der Waals surface area contributed by atoms with Gasteiger partial charge in [-0.3, -0.25) is 5.41 Å². The zero-order valence-corrected chi connectivity index (χ0v) is 13.5. The average molecular weight is 342 g/mol. The van der Waals surface area contributed by atoms with Crippen LogP contribution in [0, 0.1) is 17.1 Å². The summed E-state index contributed by atoms with van der Waals surface area (Å²) in [5.41, 5.74) is 6.42. The van der Waals surface area contributed by atoms with Gasteiger partial charge in [-0.2, -0.15) is 0 Å². The van der Waals surface area contributed by atoms with Crippen molar-refractivity contribution in [3.63, 3.8) is 0 Å². The van der Waals surface area contributed by atoms with Crippen LogP contribution in [0.1, 0.15) is 38.2 Å². The van der Waals surface area contributed by atoms with Crippen LogP contribution in [0.4, 0.5) is 10.1 Å². The Labute approximate surface area is 128 Å². The second-order valence-corrected chi connectivity index (χ2v) is 6.41. The van der Waals surface area contributed by atoms with Crippen molar-refractivity contribution in [1.29, 1.82) is 5.41 Å². The van der Waals surface area contributed by atoms with Gasteiger partial charge in [-0.15, -0.1) is 0 Å². The third kappa shape index (κ3) is 2.82. The van der Waals surface area contributed by atoms with E-state index in [2.05, 4.69) is 22.9 Å². The lowest BCUT2D eigenvalue weighted by Gasteiger charge is -2.38. The Morgan fingerprint density at radius 3 is 2.65 bits per heavy atom. The fourth-order valence-corrected chi connectivity index (χ4v) is 3.62. The molecule has 0 saturated heterocycles. The second kappa shape index (κ2) is 6.12. The molecular formula is C15H21BrFN3. The van der Waals surface area contributed by atoms with Crippen molar-refractivity contribution in [1.82, 2.24) is 0 Å². The SMILES string of the molecule is CC1CCCCC1N(C)c1ccc(C(=N)N)c(Br)c1F. The van der Waals surface area contributed by atoms with E-state index in [9.17, 15) is 4.39 Å². The van der Waals surface area contributed by atoms with E-state index in [0.717, 1.165) is 6.42 Å². The molecule has 0 amide bonds. The van der Waals surface area contributed by atoms with Gasteiger partial charge in [0, 0.05) is 18.7 Å². The highest BCUT2D eigenvalue weighted by Gasteiger charge is 2.27. The minimum Gasteiger partial charge on any atom is -0.384 e. The topological polar surface area (TPSA) is 53.1 Å². The third-order valence-corrected chi connectivity index (χ3v) is 5.07. The molecule has 2 rings (SSSR count). The maximum absolute atomic E-state index is 14.5. The molecule has 20 heavy (non-hydrogen) atoms. The van der Waals surface area contributed by atoms with Gasteiger partial charge >= 0.3 is 0 Å². The van der Waals surface area contributed by atoms with Gasteiger partial charge in [0.25, 0.3) is 0 Å². The summed E-state index contributed by atoms with van der Waals surface area (Å²) in [6.07, 6.45) is 4.77. The number of amidine groups is 1. The molecule has 1 aliphatic carbocycles. The first-order valence-corrected chi connectivity index (χ1v) is 7.78. The largest absolute Gasteiger partial charge is 0.384 e. The standard InChI is InChI=1S/C15H21BrFN3/c1-9-5-3-4-6-11(9)20(2)12-8-7-10(15(18)19)13(16)14(12)17/h7-9,11H,3-6H2,1-2H3,(H3,18,19). The molecular weight excluding hydrogens is 321 g/mol. The first-order chi connectivity index (χ1) is 9.43. The van der Waals surface area contributed by atoms with E-state index in [1.807, 2.05) is 11.9 Å². The second-order valence-electron chi connectivity index (χ2n) is 5.61. The molecule has 1 aromatic carbocycles. The van der Waals surface area contributed by atoms with Crippen LogP contribution >= 0.6 is 15.9 Å². The Morgan fingerprint density at radius 1 is 1.40 bits per heavy atom. The van der Waals surface area contributed by atoms with Crippen LogP contribution in [0.2, 0.25) is 0 Å². The van der Waals surface area contributed by atoms with Crippen molar-refractivity contribution in [3.8, 4) is 0 Å². The fraction of sp³-hybridized carbons (Fsp3) is 0.533. The number of anilines is 1. The van der Waals surface area contributed by atoms with E-state index in [0.29, 0.717) is 23.2 Å². The highest BCUT2D eigenvalue weighted by atomic mass is 79.9. The van der Waals surface area contributed by atoms with Gasteiger partial charge in [0.05, 0.1) is 10.2 Å². The Hall–Kier alpha value is -1.10. The minimum atomic E-state index is -0.335. The predicted octanol–water partition coefficient (Wildman–Crippen LogP) is 3.89. The zero-order chi connectivity index (χ0) is 14.9. The predicted molar refractivity (Wildman–Crippen MR) is 84.9 cm³/mol. The molecule has 2 unspecified atom stereocenters. The van der Waals surface area contributed by atoms with Crippen molar-refractivity contribution in [2.24, 2.45) is 11.7 Å². The number of nitrogens with two attached hydrogens (primary N) is 1. The fourth-order valence-electron chi connectivity index (χ4n) is 3.07. The number of halogens is 2. The summed E-state index contributed by atoms with van der Waals surface area (Å²) < 4.78 is 14.8. The summed E-state index contributed by atoms with van der Waals surface area (Å²) in [7, 11) is 1.95. The van der Waals surface area contributed by atoms with Gasteiger partial charge in [-0.1, -0.05) is 19.8 Å². The molecule has 0 aliphatic heterocycles. The normalized spacial score (nSPS) is 22.6. The zero-order valence-electron chi connectivity index (χ0n) is 11.9. The molecule has 1 fully saturated rings. The van der Waals surface area contributed by atoms with Crippen molar-refractivity contribution < 1.29 is 4.39 Å². The molecule has 1 aromatic rings. The lowest BCUT2D eigenvalue weighted by atomic mass is 9.85. The van der Waals surface area contributed by atoms with Crippen LogP contribution in [0.15, 0.2) is 16.6 Å². The van der Waals surface area contributed by atoms with E-state index in [1.165, 1.54) is 19.3 Å². The van der Waals surface area contributed by atoms with Gasteiger partial charge in [-0.25, -0.2) is 4.39 Å². The molecule has 3 N–H and O–H groups in total. The average Bonchev–Trinajstić information content (AvgIpc) is 2.41. The van der Waals surface area contributed by atoms with Crippen LogP contribution in [0.3, 0.4) is 0 Å². The molecule has 5 heteroatoms. The summed E-state index contributed by atoms with van der Waals surface area (Å²) in [6, 6.07) is 3.79. The van der Waals surface area contributed by atoms with Gasteiger partial charge in [0.2, 0.25) is 0 Å². The Balaban J connectivity index is 2.33. The van der Waals surface area contributed by atoms with E-state index < -0.39 is 0 Å². The maximum atomic E-state index is 14.5. The number of hydrogen-bond donors (Lipinski definition) is 2. The van der Waals surface area contributed by atoms with Crippen LogP contribution < -0.4 is 10.6 Å². The Bertz CT molecular complexity index is 518. The van der Waals surface area contributed by atoms with Crippen molar-refractivity contribution in [2.75, 3.05) is 11.9 Å². The Kier molecular flexibility index (Phi) is 4.68. The monoisotopic (exact) mass is 341 g/mol. The lowest BCUT2D eigenvalue weighted by molar-refractivity contribution is 0.320. The first-order valence-electron chi connectivity index (χ1n) is 6.98. The summed E-state index contributed by atoms with van der Waals surface area (Å²) >= 11 is 3.22. The number of rotatable bonds is 3. The first kappa shape index (κ1) is 15.3. The van der Waals surface area contributed by atoms with Gasteiger partial charge < -0.3 is 10.6 Å². The summed E-state index contributed by atoms with van der Waals surface area (Å²) in [6.45, 7) is 2.23. The van der Waals surface area contributed by atoms with Crippen molar-refractivity contribution >= 4 is 27.5 Å². The number of nitrogens with one attached hydrogen (secondary N) is 1. The van der Waals surface area contributed by atoms with E-state index in [4.69, 9.17) is 11.1 Å². The minimum absolute atomic E-state index is 0.129. The number of benzene rings is 1.